The summed E-state index contributed by atoms with van der Waals surface area (Å²) in [4.78, 5) is 1.75. The highest BCUT2D eigenvalue weighted by Gasteiger charge is 2.44. The summed E-state index contributed by atoms with van der Waals surface area (Å²) in [5, 5.41) is 18.6. The Balaban J connectivity index is 2.33. The molecule has 1 aromatic carbocycles. The summed E-state index contributed by atoms with van der Waals surface area (Å²) in [5.74, 6) is 1.19. The van der Waals surface area contributed by atoms with Crippen LogP contribution < -0.4 is 4.74 Å². The van der Waals surface area contributed by atoms with E-state index in [-0.39, 0.29) is 0 Å². The maximum absolute atomic E-state index is 11.1. The number of hydrogen-bond acceptors (Lipinski definition) is 5. The average molecular weight is 334 g/mol. The standard InChI is InChI=1S/C16H18N2O2S2/c1-3-4-12(9-17)10-18-15(21)22-11-16(18,19)13-5-7-14(20-2)8-6-13/h3-9,17,19H,1,10-11H2,2H3/b12-4+,17-9?. The molecule has 2 rings (SSSR count). The molecular weight excluding hydrogens is 316 g/mol. The molecule has 0 bridgehead atoms. The summed E-state index contributed by atoms with van der Waals surface area (Å²) in [6, 6.07) is 7.30. The Labute approximate surface area is 140 Å². The molecule has 1 saturated heterocycles. The SMILES string of the molecule is C=C/C=C(\C=N)CN1C(=S)SCC1(O)c1ccc(OC)cc1. The van der Waals surface area contributed by atoms with Gasteiger partial charge in [0.05, 0.1) is 12.9 Å². The minimum absolute atomic E-state index is 0.365. The van der Waals surface area contributed by atoms with Gasteiger partial charge in [-0.15, -0.1) is 0 Å². The van der Waals surface area contributed by atoms with Gasteiger partial charge in [-0.05, 0) is 17.7 Å². The zero-order chi connectivity index (χ0) is 16.2. The number of benzene rings is 1. The highest BCUT2D eigenvalue weighted by atomic mass is 32.2. The van der Waals surface area contributed by atoms with Crippen molar-refractivity contribution in [1.82, 2.24) is 4.90 Å². The van der Waals surface area contributed by atoms with Crippen LogP contribution in [0.2, 0.25) is 0 Å². The molecule has 0 saturated carbocycles. The van der Waals surface area contributed by atoms with Gasteiger partial charge in [0, 0.05) is 18.3 Å². The fourth-order valence-electron chi connectivity index (χ4n) is 2.24. The highest BCUT2D eigenvalue weighted by Crippen LogP contribution is 2.39. The Kier molecular flexibility index (Phi) is 5.39. The van der Waals surface area contributed by atoms with Crippen molar-refractivity contribution in [2.24, 2.45) is 0 Å². The minimum atomic E-state index is -1.18. The Hall–Kier alpha value is -1.63. The van der Waals surface area contributed by atoms with Crippen molar-refractivity contribution in [1.29, 1.82) is 5.41 Å². The minimum Gasteiger partial charge on any atom is -0.497 e. The molecule has 2 N–H and O–H groups in total. The molecular formula is C16H18N2O2S2. The van der Waals surface area contributed by atoms with E-state index in [4.69, 9.17) is 22.4 Å². The molecule has 0 amide bonds. The third-order valence-corrected chi connectivity index (χ3v) is 5.06. The van der Waals surface area contributed by atoms with E-state index in [1.54, 1.807) is 24.2 Å². The number of allylic oxidation sites excluding steroid dienone is 2. The van der Waals surface area contributed by atoms with Crippen LogP contribution in [0.1, 0.15) is 5.56 Å². The summed E-state index contributed by atoms with van der Waals surface area (Å²) in [6.45, 7) is 4.01. The van der Waals surface area contributed by atoms with Gasteiger partial charge in [-0.3, -0.25) is 0 Å². The van der Waals surface area contributed by atoms with Gasteiger partial charge in [0.25, 0.3) is 0 Å². The van der Waals surface area contributed by atoms with Crippen LogP contribution in [0, 0.1) is 5.41 Å². The summed E-state index contributed by atoms with van der Waals surface area (Å²) < 4.78 is 5.77. The molecule has 0 aromatic heterocycles. The normalized spacial score (nSPS) is 21.8. The Morgan fingerprint density at radius 3 is 2.77 bits per heavy atom. The van der Waals surface area contributed by atoms with Crippen LogP contribution in [0.5, 0.6) is 5.75 Å². The lowest BCUT2D eigenvalue weighted by Gasteiger charge is -2.34. The molecule has 0 radical (unpaired) electrons. The molecule has 1 aliphatic heterocycles. The van der Waals surface area contributed by atoms with E-state index in [9.17, 15) is 5.11 Å². The molecule has 116 valence electrons. The lowest BCUT2D eigenvalue weighted by molar-refractivity contribution is -0.0417. The van der Waals surface area contributed by atoms with Crippen LogP contribution in [0.15, 0.2) is 48.6 Å². The number of nitrogens with zero attached hydrogens (tertiary/aromatic N) is 1. The van der Waals surface area contributed by atoms with Crippen molar-refractivity contribution in [2.45, 2.75) is 5.72 Å². The lowest BCUT2D eigenvalue weighted by Crippen LogP contribution is -2.45. The number of hydrogen-bond donors (Lipinski definition) is 2. The molecule has 22 heavy (non-hydrogen) atoms. The predicted octanol–water partition coefficient (Wildman–Crippen LogP) is 2.94. The van der Waals surface area contributed by atoms with E-state index < -0.39 is 5.72 Å². The Bertz CT molecular complexity index is 613. The first-order chi connectivity index (χ1) is 10.5. The molecule has 1 atom stereocenters. The molecule has 4 nitrogen and oxygen atoms in total. The third-order valence-electron chi connectivity index (χ3n) is 3.47. The number of aliphatic hydroxyl groups is 1. The second-order valence-electron chi connectivity index (χ2n) is 4.81. The van der Waals surface area contributed by atoms with Crippen molar-refractivity contribution in [3.8, 4) is 5.75 Å². The first-order valence-electron chi connectivity index (χ1n) is 6.68. The van der Waals surface area contributed by atoms with Crippen LogP contribution in [-0.2, 0) is 5.72 Å². The van der Waals surface area contributed by atoms with Crippen LogP contribution in [0.25, 0.3) is 0 Å². The molecule has 1 aliphatic rings. The first kappa shape index (κ1) is 16.7. The Morgan fingerprint density at radius 2 is 2.23 bits per heavy atom. The number of thiocarbonyl (C=S) groups is 1. The lowest BCUT2D eigenvalue weighted by atomic mass is 10.0. The van der Waals surface area contributed by atoms with Crippen LogP contribution in [0.3, 0.4) is 0 Å². The monoisotopic (exact) mass is 334 g/mol. The van der Waals surface area contributed by atoms with Crippen molar-refractivity contribution in [2.75, 3.05) is 19.4 Å². The number of methoxy groups -OCH3 is 1. The van der Waals surface area contributed by atoms with E-state index in [0.29, 0.717) is 16.6 Å². The molecule has 6 heteroatoms. The summed E-state index contributed by atoms with van der Waals surface area (Å²) in [5.41, 5.74) is 0.299. The van der Waals surface area contributed by atoms with Crippen LogP contribution in [0.4, 0.5) is 0 Å². The zero-order valence-corrected chi connectivity index (χ0v) is 13.9. The maximum atomic E-state index is 11.1. The number of nitrogens with one attached hydrogen (secondary N) is 1. The molecule has 1 heterocycles. The average Bonchev–Trinajstić information content (AvgIpc) is 2.83. The molecule has 1 unspecified atom stereocenters. The maximum Gasteiger partial charge on any atom is 0.175 e. The van der Waals surface area contributed by atoms with Crippen LogP contribution >= 0.6 is 24.0 Å². The second-order valence-corrected chi connectivity index (χ2v) is 6.42. The smallest absolute Gasteiger partial charge is 0.175 e. The highest BCUT2D eigenvalue weighted by molar-refractivity contribution is 8.23. The van der Waals surface area contributed by atoms with Gasteiger partial charge in [-0.25, -0.2) is 0 Å². The topological polar surface area (TPSA) is 56.6 Å². The van der Waals surface area contributed by atoms with Crippen molar-refractivity contribution in [3.63, 3.8) is 0 Å². The van der Waals surface area contributed by atoms with Gasteiger partial charge in [0.15, 0.2) is 5.72 Å². The molecule has 0 aliphatic carbocycles. The van der Waals surface area contributed by atoms with E-state index in [0.717, 1.165) is 16.9 Å². The number of ether oxygens (including phenoxy) is 1. The predicted molar refractivity (Wildman–Crippen MR) is 95.7 cm³/mol. The Morgan fingerprint density at radius 1 is 1.55 bits per heavy atom. The van der Waals surface area contributed by atoms with E-state index in [1.165, 1.54) is 18.0 Å². The van der Waals surface area contributed by atoms with E-state index in [1.807, 2.05) is 24.3 Å². The summed E-state index contributed by atoms with van der Waals surface area (Å²) in [6.07, 6.45) is 4.62. The van der Waals surface area contributed by atoms with Gasteiger partial charge in [0.1, 0.15) is 10.1 Å². The molecule has 0 spiro atoms. The van der Waals surface area contributed by atoms with Gasteiger partial charge in [-0.2, -0.15) is 0 Å². The third kappa shape index (κ3) is 3.24. The van der Waals surface area contributed by atoms with Gasteiger partial charge in [-0.1, -0.05) is 54.8 Å². The fourth-order valence-corrected chi connectivity index (χ4v) is 3.65. The fraction of sp³-hybridized carbons (Fsp3) is 0.250. The van der Waals surface area contributed by atoms with Gasteiger partial charge < -0.3 is 20.2 Å². The van der Waals surface area contributed by atoms with Crippen molar-refractivity contribution < 1.29 is 9.84 Å². The molecule has 1 fully saturated rings. The molecule has 1 aromatic rings. The first-order valence-corrected chi connectivity index (χ1v) is 8.08. The van der Waals surface area contributed by atoms with Crippen molar-refractivity contribution >= 4 is 34.5 Å². The largest absolute Gasteiger partial charge is 0.497 e. The summed E-state index contributed by atoms with van der Waals surface area (Å²) in [7, 11) is 1.60. The zero-order valence-electron chi connectivity index (χ0n) is 12.3. The second kappa shape index (κ2) is 7.09. The van der Waals surface area contributed by atoms with Gasteiger partial charge >= 0.3 is 0 Å². The van der Waals surface area contributed by atoms with E-state index in [2.05, 4.69) is 6.58 Å². The van der Waals surface area contributed by atoms with E-state index >= 15 is 0 Å². The quantitative estimate of drug-likeness (QED) is 0.476. The number of rotatable bonds is 6. The van der Waals surface area contributed by atoms with Crippen LogP contribution in [-0.4, -0.2) is 39.9 Å². The number of thioether (sulfide) groups is 1. The van der Waals surface area contributed by atoms with Crippen molar-refractivity contribution in [3.05, 3.63) is 54.1 Å². The summed E-state index contributed by atoms with van der Waals surface area (Å²) >= 11 is 6.80. The van der Waals surface area contributed by atoms with Gasteiger partial charge in [0.2, 0.25) is 0 Å².